The lowest BCUT2D eigenvalue weighted by Crippen LogP contribution is -2.41. The topological polar surface area (TPSA) is 177 Å². The molecule has 3 rings (SSSR count). The molecule has 0 aliphatic heterocycles. The molecule has 2 aliphatic carbocycles. The number of aliphatic carboxylic acids is 1. The van der Waals surface area contributed by atoms with Gasteiger partial charge in [0.05, 0.1) is 29.8 Å². The molecule has 0 spiro atoms. The number of pyridine rings is 1. The second-order valence-electron chi connectivity index (χ2n) is 13.6. The van der Waals surface area contributed by atoms with Crippen LogP contribution in [0.25, 0.3) is 0 Å². The summed E-state index contributed by atoms with van der Waals surface area (Å²) >= 11 is 0. The summed E-state index contributed by atoms with van der Waals surface area (Å²) in [5.41, 5.74) is 5.35. The lowest BCUT2D eigenvalue weighted by molar-refractivity contribution is -0.147. The fourth-order valence-electron chi connectivity index (χ4n) is 7.65. The molecule has 9 unspecified atom stereocenters. The van der Waals surface area contributed by atoms with Crippen molar-refractivity contribution < 1.29 is 35.4 Å². The summed E-state index contributed by atoms with van der Waals surface area (Å²) in [5, 5.41) is 63.5. The minimum Gasteiger partial charge on any atom is -0.481 e. The van der Waals surface area contributed by atoms with Gasteiger partial charge in [-0.05, 0) is 99.7 Å². The van der Waals surface area contributed by atoms with E-state index in [9.17, 15) is 35.4 Å². The number of hydrogen-bond donors (Lipinski definition) is 7. The number of hydrogen-bond acceptors (Lipinski definition) is 8. The van der Waals surface area contributed by atoms with Gasteiger partial charge in [-0.15, -0.1) is 0 Å². The molecule has 0 aromatic carbocycles. The maximum absolute atomic E-state index is 12.1. The third-order valence-corrected chi connectivity index (χ3v) is 10.3. The van der Waals surface area contributed by atoms with E-state index in [-0.39, 0.29) is 43.3 Å². The Labute approximate surface area is 263 Å². The number of carbonyl (C=O) groups is 1. The highest BCUT2D eigenvalue weighted by Gasteiger charge is 2.51. The number of nitrogen functional groups attached to an aromatic ring is 1. The predicted molar refractivity (Wildman–Crippen MR) is 172 cm³/mol. The number of allylic oxidation sites excluding steroid dienone is 1. The summed E-state index contributed by atoms with van der Waals surface area (Å²) in [6, 6.07) is 3.65. The van der Waals surface area contributed by atoms with Crippen LogP contribution in [0.5, 0.6) is 0 Å². The molecule has 1 aromatic rings. The molecule has 44 heavy (non-hydrogen) atoms. The van der Waals surface area contributed by atoms with Gasteiger partial charge in [-0.3, -0.25) is 4.79 Å². The van der Waals surface area contributed by atoms with E-state index in [1.165, 1.54) is 19.3 Å². The first-order valence-corrected chi connectivity index (χ1v) is 17.1. The predicted octanol–water partition coefficient (Wildman–Crippen LogP) is 4.63. The van der Waals surface area contributed by atoms with E-state index in [2.05, 4.69) is 24.1 Å². The van der Waals surface area contributed by atoms with Crippen LogP contribution in [0.15, 0.2) is 30.5 Å². The van der Waals surface area contributed by atoms with Crippen molar-refractivity contribution in [3.63, 3.8) is 0 Å². The fourth-order valence-corrected chi connectivity index (χ4v) is 7.65. The molecular weight excluding hydrogens is 560 g/mol. The third-order valence-electron chi connectivity index (χ3n) is 10.3. The molecule has 250 valence electrons. The van der Waals surface area contributed by atoms with Gasteiger partial charge in [0.2, 0.25) is 0 Å². The Hall–Kier alpha value is -2.04. The fraction of sp³-hybridized carbons (Fsp3) is 0.771. The highest BCUT2D eigenvalue weighted by molar-refractivity contribution is 5.70. The zero-order chi connectivity index (χ0) is 32.1. The molecule has 0 bridgehead atoms. The summed E-state index contributed by atoms with van der Waals surface area (Å²) in [4.78, 5) is 16.1. The monoisotopic (exact) mass is 618 g/mol. The van der Waals surface area contributed by atoms with Gasteiger partial charge in [-0.1, -0.05) is 57.6 Å². The molecule has 9 heteroatoms. The minimum atomic E-state index is -1.45. The molecule has 0 radical (unpaired) electrons. The third kappa shape index (κ3) is 10.8. The van der Waals surface area contributed by atoms with Gasteiger partial charge in [0.1, 0.15) is 5.82 Å². The Kier molecular flexibility index (Phi) is 15.1. The van der Waals surface area contributed by atoms with Gasteiger partial charge < -0.3 is 36.4 Å². The SMILES string of the molecule is CCCCCC1C=CC(CCCCCC(C(=O)O)C(O)CCC2(O)CC(Cc3ccnc(N)c3)C(CCCO)C2O)C(O)C1. The van der Waals surface area contributed by atoms with Crippen molar-refractivity contribution in [3.8, 4) is 0 Å². The Morgan fingerprint density at radius 1 is 1.07 bits per heavy atom. The largest absolute Gasteiger partial charge is 0.481 e. The number of aliphatic hydroxyl groups excluding tert-OH is 4. The van der Waals surface area contributed by atoms with Crippen molar-refractivity contribution in [2.75, 3.05) is 12.3 Å². The lowest BCUT2D eigenvalue weighted by Gasteiger charge is -2.30. The number of nitrogens with zero attached hydrogens (tertiary/aromatic N) is 1. The van der Waals surface area contributed by atoms with Crippen LogP contribution in [0.2, 0.25) is 0 Å². The first-order valence-electron chi connectivity index (χ1n) is 17.1. The second kappa shape index (κ2) is 18.2. The summed E-state index contributed by atoms with van der Waals surface area (Å²) in [6.07, 6.45) is 14.9. The van der Waals surface area contributed by atoms with Gasteiger partial charge in [-0.25, -0.2) is 4.98 Å². The van der Waals surface area contributed by atoms with Crippen molar-refractivity contribution >= 4 is 11.8 Å². The maximum Gasteiger partial charge on any atom is 0.309 e. The molecule has 2 aliphatic rings. The molecule has 0 saturated heterocycles. The summed E-state index contributed by atoms with van der Waals surface area (Å²) < 4.78 is 0. The average molecular weight is 619 g/mol. The second-order valence-corrected chi connectivity index (χ2v) is 13.6. The molecule has 9 nitrogen and oxygen atoms in total. The van der Waals surface area contributed by atoms with E-state index in [1.54, 1.807) is 12.3 Å². The van der Waals surface area contributed by atoms with Crippen LogP contribution < -0.4 is 5.73 Å². The number of nitrogens with two attached hydrogens (primary N) is 1. The van der Waals surface area contributed by atoms with Crippen LogP contribution in [0.4, 0.5) is 5.82 Å². The number of unbranched alkanes of at least 4 members (excludes halogenated alkanes) is 4. The van der Waals surface area contributed by atoms with Crippen LogP contribution in [-0.4, -0.2) is 72.1 Å². The molecular formula is C35H58N2O7. The van der Waals surface area contributed by atoms with E-state index < -0.39 is 29.7 Å². The van der Waals surface area contributed by atoms with Crippen LogP contribution in [0.1, 0.15) is 109 Å². The van der Waals surface area contributed by atoms with Crippen molar-refractivity contribution in [1.82, 2.24) is 4.98 Å². The van der Waals surface area contributed by atoms with Gasteiger partial charge in [0.25, 0.3) is 0 Å². The summed E-state index contributed by atoms with van der Waals surface area (Å²) in [6.45, 7) is 2.19. The van der Waals surface area contributed by atoms with Gasteiger partial charge in [0.15, 0.2) is 0 Å². The van der Waals surface area contributed by atoms with Crippen molar-refractivity contribution in [3.05, 3.63) is 36.0 Å². The van der Waals surface area contributed by atoms with Gasteiger partial charge >= 0.3 is 5.97 Å². The number of aromatic nitrogens is 1. The van der Waals surface area contributed by atoms with E-state index in [1.807, 2.05) is 6.07 Å². The van der Waals surface area contributed by atoms with Crippen molar-refractivity contribution in [1.29, 1.82) is 0 Å². The molecule has 9 atom stereocenters. The highest BCUT2D eigenvalue weighted by atomic mass is 16.4. The molecule has 1 fully saturated rings. The van der Waals surface area contributed by atoms with Crippen molar-refractivity contribution in [2.45, 2.75) is 134 Å². The number of carboxylic acids is 1. The van der Waals surface area contributed by atoms with E-state index in [4.69, 9.17) is 5.73 Å². The lowest BCUT2D eigenvalue weighted by atomic mass is 9.81. The van der Waals surface area contributed by atoms with Crippen LogP contribution in [-0.2, 0) is 11.2 Å². The summed E-state index contributed by atoms with van der Waals surface area (Å²) in [7, 11) is 0. The number of rotatable bonds is 20. The Bertz CT molecular complexity index is 1020. The first-order chi connectivity index (χ1) is 21.1. The Morgan fingerprint density at radius 2 is 1.84 bits per heavy atom. The quantitative estimate of drug-likeness (QED) is 0.0811. The number of aliphatic hydroxyl groups is 5. The Morgan fingerprint density at radius 3 is 2.52 bits per heavy atom. The molecule has 1 heterocycles. The molecule has 1 saturated carbocycles. The van der Waals surface area contributed by atoms with Crippen LogP contribution in [0, 0.1) is 29.6 Å². The van der Waals surface area contributed by atoms with Gasteiger partial charge in [0, 0.05) is 18.7 Å². The zero-order valence-electron chi connectivity index (χ0n) is 26.6. The smallest absolute Gasteiger partial charge is 0.309 e. The Balaban J connectivity index is 1.47. The zero-order valence-corrected chi connectivity index (χ0v) is 26.6. The van der Waals surface area contributed by atoms with E-state index in [0.29, 0.717) is 50.3 Å². The maximum atomic E-state index is 12.1. The van der Waals surface area contributed by atoms with Gasteiger partial charge in [-0.2, -0.15) is 0 Å². The normalized spacial score (nSPS) is 30.0. The van der Waals surface area contributed by atoms with Crippen LogP contribution >= 0.6 is 0 Å². The van der Waals surface area contributed by atoms with Crippen LogP contribution in [0.3, 0.4) is 0 Å². The average Bonchev–Trinajstić information content (AvgIpc) is 3.21. The standard InChI is InChI=1S/C35H58N2O7/c1-2-3-5-9-24-13-14-26(31(40)21-24)10-6-4-7-11-29(34(42)43)30(39)15-17-35(44)23-27(28(33(35)41)12-8-19-38)20-25-16-18-37-32(36)22-25/h13-14,16,18,22,24,26-31,33,38-41,44H,2-12,15,17,19-21,23H2,1H3,(H2,36,37)(H,42,43). The number of anilines is 1. The molecule has 1 aromatic heterocycles. The molecule has 0 amide bonds. The highest BCUT2D eigenvalue weighted by Crippen LogP contribution is 2.46. The summed E-state index contributed by atoms with van der Waals surface area (Å²) in [5.74, 6) is -1.27. The minimum absolute atomic E-state index is 0.00684. The van der Waals surface area contributed by atoms with E-state index >= 15 is 0 Å². The molecule has 8 N–H and O–H groups in total. The number of carboxylic acid groups (broad SMARTS) is 1. The van der Waals surface area contributed by atoms with E-state index in [0.717, 1.165) is 37.7 Å². The van der Waals surface area contributed by atoms with Crippen molar-refractivity contribution in [2.24, 2.45) is 29.6 Å². The first kappa shape index (κ1) is 36.4.